The van der Waals surface area contributed by atoms with Gasteiger partial charge in [-0.1, -0.05) is 17.4 Å². The minimum atomic E-state index is 0.655. The van der Waals surface area contributed by atoms with Gasteiger partial charge < -0.3 is 5.73 Å². The van der Waals surface area contributed by atoms with Crippen molar-refractivity contribution in [3.05, 3.63) is 23.8 Å². The van der Waals surface area contributed by atoms with Gasteiger partial charge in [-0.15, -0.1) is 0 Å². The Morgan fingerprint density at radius 3 is 3.06 bits per heavy atom. The average molecular weight is 233 g/mol. The molecule has 1 aromatic heterocycles. The molecular weight excluding hydrogens is 218 g/mol. The van der Waals surface area contributed by atoms with Crippen molar-refractivity contribution in [2.45, 2.75) is 25.4 Å². The van der Waals surface area contributed by atoms with Crippen LogP contribution < -0.4 is 5.73 Å². The van der Waals surface area contributed by atoms with Crippen LogP contribution in [0, 0.1) is 0 Å². The van der Waals surface area contributed by atoms with Gasteiger partial charge in [0, 0.05) is 12.6 Å². The number of hydrogen-bond acceptors (Lipinski definition) is 4. The standard InChI is InChI=1S/C12H15N3S/c1-15(9-3-4-9)7-8-2-5-10-11(6-8)16-12(13)14-10/h2,5-6,9H,3-4,7H2,1H3,(H2,13,14). The van der Waals surface area contributed by atoms with Gasteiger partial charge in [0.2, 0.25) is 0 Å². The molecule has 0 saturated heterocycles. The Bertz CT molecular complexity index is 516. The molecule has 1 aliphatic rings. The second kappa shape index (κ2) is 3.71. The van der Waals surface area contributed by atoms with Crippen LogP contribution in [-0.2, 0) is 6.54 Å². The first kappa shape index (κ1) is 10.1. The topological polar surface area (TPSA) is 42.2 Å². The van der Waals surface area contributed by atoms with Gasteiger partial charge in [0.15, 0.2) is 5.13 Å². The number of aromatic nitrogens is 1. The molecule has 0 amide bonds. The van der Waals surface area contributed by atoms with Crippen LogP contribution in [0.5, 0.6) is 0 Å². The average Bonchev–Trinajstić information content (AvgIpc) is 3.01. The summed E-state index contributed by atoms with van der Waals surface area (Å²) in [5, 5.41) is 0.655. The molecule has 1 aliphatic carbocycles. The Labute approximate surface area is 98.9 Å². The van der Waals surface area contributed by atoms with Crippen LogP contribution in [0.3, 0.4) is 0 Å². The first-order valence-electron chi connectivity index (χ1n) is 5.57. The SMILES string of the molecule is CN(Cc1ccc2nc(N)sc2c1)C1CC1. The van der Waals surface area contributed by atoms with E-state index in [4.69, 9.17) is 5.73 Å². The van der Waals surface area contributed by atoms with E-state index in [9.17, 15) is 0 Å². The largest absolute Gasteiger partial charge is 0.375 e. The van der Waals surface area contributed by atoms with Gasteiger partial charge in [0.05, 0.1) is 10.2 Å². The van der Waals surface area contributed by atoms with Gasteiger partial charge in [0.25, 0.3) is 0 Å². The van der Waals surface area contributed by atoms with Gasteiger partial charge in [0.1, 0.15) is 0 Å². The van der Waals surface area contributed by atoms with E-state index in [1.165, 1.54) is 23.1 Å². The lowest BCUT2D eigenvalue weighted by Gasteiger charge is -2.15. The summed E-state index contributed by atoms with van der Waals surface area (Å²) < 4.78 is 1.19. The summed E-state index contributed by atoms with van der Waals surface area (Å²) >= 11 is 1.57. The Morgan fingerprint density at radius 2 is 2.31 bits per heavy atom. The number of fused-ring (bicyclic) bond motifs is 1. The lowest BCUT2D eigenvalue weighted by molar-refractivity contribution is 0.316. The van der Waals surface area contributed by atoms with Crippen molar-refractivity contribution < 1.29 is 0 Å². The van der Waals surface area contributed by atoms with Gasteiger partial charge in [-0.3, -0.25) is 4.90 Å². The van der Waals surface area contributed by atoms with Gasteiger partial charge in [-0.25, -0.2) is 4.98 Å². The molecule has 0 unspecified atom stereocenters. The van der Waals surface area contributed by atoms with Gasteiger partial charge >= 0.3 is 0 Å². The predicted molar refractivity (Wildman–Crippen MR) is 68.5 cm³/mol. The third-order valence-corrected chi connectivity index (χ3v) is 3.92. The maximum Gasteiger partial charge on any atom is 0.181 e. The van der Waals surface area contributed by atoms with Crippen molar-refractivity contribution >= 4 is 26.7 Å². The van der Waals surface area contributed by atoms with Crippen molar-refractivity contribution in [3.8, 4) is 0 Å². The zero-order valence-corrected chi connectivity index (χ0v) is 10.1. The van der Waals surface area contributed by atoms with E-state index in [1.54, 1.807) is 11.3 Å². The summed E-state index contributed by atoms with van der Waals surface area (Å²) in [6, 6.07) is 7.24. The third kappa shape index (κ3) is 1.90. The highest BCUT2D eigenvalue weighted by atomic mass is 32.1. The number of anilines is 1. The Hall–Kier alpha value is -1.13. The van der Waals surface area contributed by atoms with E-state index in [0.717, 1.165) is 18.1 Å². The van der Waals surface area contributed by atoms with Crippen molar-refractivity contribution in [2.24, 2.45) is 0 Å². The van der Waals surface area contributed by atoms with Crippen LogP contribution in [0.15, 0.2) is 18.2 Å². The zero-order valence-electron chi connectivity index (χ0n) is 9.31. The first-order valence-corrected chi connectivity index (χ1v) is 6.39. The molecule has 3 rings (SSSR count). The Balaban J connectivity index is 1.86. The lowest BCUT2D eigenvalue weighted by Crippen LogP contribution is -2.19. The fraction of sp³-hybridized carbons (Fsp3) is 0.417. The smallest absolute Gasteiger partial charge is 0.181 e. The number of rotatable bonds is 3. The van der Waals surface area contributed by atoms with E-state index in [-0.39, 0.29) is 0 Å². The fourth-order valence-electron chi connectivity index (χ4n) is 2.02. The van der Waals surface area contributed by atoms with Crippen LogP contribution in [0.2, 0.25) is 0 Å². The molecule has 0 bridgehead atoms. The molecule has 0 radical (unpaired) electrons. The van der Waals surface area contributed by atoms with E-state index >= 15 is 0 Å². The third-order valence-electron chi connectivity index (χ3n) is 3.07. The van der Waals surface area contributed by atoms with E-state index in [0.29, 0.717) is 5.13 Å². The fourth-order valence-corrected chi connectivity index (χ4v) is 2.82. The second-order valence-electron chi connectivity index (χ2n) is 4.50. The van der Waals surface area contributed by atoms with Crippen molar-refractivity contribution in [1.29, 1.82) is 0 Å². The van der Waals surface area contributed by atoms with E-state index < -0.39 is 0 Å². The molecule has 0 spiro atoms. The number of benzene rings is 1. The quantitative estimate of drug-likeness (QED) is 0.885. The van der Waals surface area contributed by atoms with Crippen molar-refractivity contribution in [1.82, 2.24) is 9.88 Å². The molecule has 16 heavy (non-hydrogen) atoms. The first-order chi connectivity index (χ1) is 7.72. The van der Waals surface area contributed by atoms with Crippen LogP contribution in [0.1, 0.15) is 18.4 Å². The maximum absolute atomic E-state index is 5.70. The molecular formula is C12H15N3S. The molecule has 1 heterocycles. The number of hydrogen-bond donors (Lipinski definition) is 1. The van der Waals surface area contributed by atoms with Gasteiger partial charge in [-0.05, 0) is 37.6 Å². The molecule has 4 heteroatoms. The molecule has 2 aromatic rings. The molecule has 3 nitrogen and oxygen atoms in total. The molecule has 2 N–H and O–H groups in total. The van der Waals surface area contributed by atoms with E-state index in [1.807, 2.05) is 0 Å². The number of nitrogens with zero attached hydrogens (tertiary/aromatic N) is 2. The summed E-state index contributed by atoms with van der Waals surface area (Å²) in [6.07, 6.45) is 2.71. The number of nitrogens with two attached hydrogens (primary N) is 1. The van der Waals surface area contributed by atoms with Crippen LogP contribution in [-0.4, -0.2) is 23.0 Å². The normalized spacial score (nSPS) is 16.1. The summed E-state index contributed by atoms with van der Waals surface area (Å²) in [5.74, 6) is 0. The molecule has 1 aromatic carbocycles. The Kier molecular flexibility index (Phi) is 2.33. The van der Waals surface area contributed by atoms with Crippen molar-refractivity contribution in [2.75, 3.05) is 12.8 Å². The monoisotopic (exact) mass is 233 g/mol. The molecule has 1 saturated carbocycles. The number of nitrogen functional groups attached to an aromatic ring is 1. The van der Waals surface area contributed by atoms with Crippen molar-refractivity contribution in [3.63, 3.8) is 0 Å². The highest BCUT2D eigenvalue weighted by Crippen LogP contribution is 2.28. The zero-order chi connectivity index (χ0) is 11.1. The van der Waals surface area contributed by atoms with Crippen LogP contribution >= 0.6 is 11.3 Å². The lowest BCUT2D eigenvalue weighted by atomic mass is 10.2. The van der Waals surface area contributed by atoms with Gasteiger partial charge in [-0.2, -0.15) is 0 Å². The highest BCUT2D eigenvalue weighted by molar-refractivity contribution is 7.22. The predicted octanol–water partition coefficient (Wildman–Crippen LogP) is 2.47. The molecule has 84 valence electrons. The highest BCUT2D eigenvalue weighted by Gasteiger charge is 2.25. The molecule has 0 aliphatic heterocycles. The summed E-state index contributed by atoms with van der Waals surface area (Å²) in [6.45, 7) is 1.03. The maximum atomic E-state index is 5.70. The number of thiazole rings is 1. The molecule has 0 atom stereocenters. The minimum absolute atomic E-state index is 0.655. The summed E-state index contributed by atoms with van der Waals surface area (Å²) in [4.78, 5) is 6.69. The second-order valence-corrected chi connectivity index (χ2v) is 5.56. The summed E-state index contributed by atoms with van der Waals surface area (Å²) in [5.41, 5.74) is 8.06. The minimum Gasteiger partial charge on any atom is -0.375 e. The molecule has 1 fully saturated rings. The summed E-state index contributed by atoms with van der Waals surface area (Å²) in [7, 11) is 2.20. The Morgan fingerprint density at radius 1 is 1.50 bits per heavy atom. The van der Waals surface area contributed by atoms with Crippen LogP contribution in [0.25, 0.3) is 10.2 Å². The van der Waals surface area contributed by atoms with E-state index in [2.05, 4.69) is 35.1 Å². The van der Waals surface area contributed by atoms with Crippen LogP contribution in [0.4, 0.5) is 5.13 Å².